The highest BCUT2D eigenvalue weighted by Crippen LogP contribution is 2.21. The average molecular weight is 452 g/mol. The molecule has 0 unspecified atom stereocenters. The molecule has 3 aromatic rings. The predicted octanol–water partition coefficient (Wildman–Crippen LogP) is 2.20. The van der Waals surface area contributed by atoms with Gasteiger partial charge in [-0.05, 0) is 43.9 Å². The van der Waals surface area contributed by atoms with Gasteiger partial charge in [-0.15, -0.1) is 0 Å². The normalized spacial score (nSPS) is 14.8. The molecule has 1 aliphatic heterocycles. The van der Waals surface area contributed by atoms with E-state index in [0.717, 1.165) is 0 Å². The number of ether oxygens (including phenoxy) is 1. The number of carbonyl (C=O) groups is 2. The number of hydrogen-bond acceptors (Lipinski definition) is 6. The number of carbonyl (C=O) groups excluding carboxylic acids is 2. The molecule has 1 fully saturated rings. The van der Waals surface area contributed by atoms with Gasteiger partial charge in [0.05, 0.1) is 23.5 Å². The zero-order valence-corrected chi connectivity index (χ0v) is 19.2. The van der Waals surface area contributed by atoms with Crippen LogP contribution in [0.5, 0.6) is 0 Å². The second-order valence-electron chi connectivity index (χ2n) is 8.81. The van der Waals surface area contributed by atoms with Crippen molar-refractivity contribution in [3.8, 4) is 0 Å². The molecule has 4 heterocycles. The van der Waals surface area contributed by atoms with Gasteiger partial charge in [0.2, 0.25) is 0 Å². The van der Waals surface area contributed by atoms with E-state index in [9.17, 15) is 14.4 Å². The second-order valence-corrected chi connectivity index (χ2v) is 8.81. The molecule has 0 radical (unpaired) electrons. The summed E-state index contributed by atoms with van der Waals surface area (Å²) < 4.78 is 8.22. The molecule has 1 amide bonds. The lowest BCUT2D eigenvalue weighted by Gasteiger charge is -2.31. The van der Waals surface area contributed by atoms with Crippen molar-refractivity contribution < 1.29 is 14.3 Å². The van der Waals surface area contributed by atoms with Crippen molar-refractivity contribution in [3.05, 3.63) is 51.9 Å². The number of hydrogen-bond donors (Lipinski definition) is 1. The van der Waals surface area contributed by atoms with Crippen LogP contribution in [-0.4, -0.2) is 50.4 Å². The van der Waals surface area contributed by atoms with Crippen molar-refractivity contribution >= 4 is 28.6 Å². The maximum Gasteiger partial charge on any atom is 0.309 e. The van der Waals surface area contributed by atoms with Gasteiger partial charge in [-0.25, -0.2) is 4.98 Å². The van der Waals surface area contributed by atoms with Crippen LogP contribution in [-0.2, 0) is 16.1 Å². The fourth-order valence-corrected chi connectivity index (χ4v) is 4.34. The van der Waals surface area contributed by atoms with E-state index in [1.54, 1.807) is 40.8 Å². The number of nitrogens with one attached hydrogen (secondary N) is 1. The largest absolute Gasteiger partial charge is 0.466 e. The van der Waals surface area contributed by atoms with E-state index in [0.29, 0.717) is 55.8 Å². The Labute approximate surface area is 191 Å². The number of nitrogens with zero attached hydrogens (tertiary/aromatic N) is 4. The third kappa shape index (κ3) is 4.27. The molecule has 0 spiro atoms. The highest BCUT2D eigenvalue weighted by atomic mass is 16.5. The first-order chi connectivity index (χ1) is 15.8. The molecule has 1 aliphatic rings. The van der Waals surface area contributed by atoms with Crippen molar-refractivity contribution in [1.29, 1.82) is 5.41 Å². The fraction of sp³-hybridized carbons (Fsp3) is 0.458. The highest BCUT2D eigenvalue weighted by molar-refractivity contribution is 5.97. The first-order valence-electron chi connectivity index (χ1n) is 11.4. The number of amides is 1. The summed E-state index contributed by atoms with van der Waals surface area (Å²) in [6.45, 7) is 7.40. The number of rotatable bonds is 5. The molecular formula is C24H29N5O4. The topological polar surface area (TPSA) is 110 Å². The second kappa shape index (κ2) is 9.17. The summed E-state index contributed by atoms with van der Waals surface area (Å²) in [5, 5.41) is 9.11. The van der Waals surface area contributed by atoms with E-state index in [1.807, 2.05) is 13.8 Å². The molecule has 0 saturated carbocycles. The van der Waals surface area contributed by atoms with Crippen LogP contribution in [0.25, 0.3) is 16.7 Å². The van der Waals surface area contributed by atoms with E-state index < -0.39 is 0 Å². The van der Waals surface area contributed by atoms with E-state index in [4.69, 9.17) is 10.1 Å². The molecule has 0 aliphatic carbocycles. The molecule has 1 saturated heterocycles. The lowest BCUT2D eigenvalue weighted by molar-refractivity contribution is -0.149. The summed E-state index contributed by atoms with van der Waals surface area (Å²) in [7, 11) is 0. The summed E-state index contributed by atoms with van der Waals surface area (Å²) in [5.41, 5.74) is 0.839. The van der Waals surface area contributed by atoms with Crippen LogP contribution in [0, 0.1) is 17.2 Å². The van der Waals surface area contributed by atoms with Gasteiger partial charge in [-0.1, -0.05) is 19.9 Å². The predicted molar refractivity (Wildman–Crippen MR) is 123 cm³/mol. The van der Waals surface area contributed by atoms with Gasteiger partial charge in [0.25, 0.3) is 11.5 Å². The Hall–Kier alpha value is -3.49. The minimum atomic E-state index is -0.306. The Morgan fingerprint density at radius 3 is 2.64 bits per heavy atom. The maximum atomic E-state index is 13.4. The minimum absolute atomic E-state index is 0.0425. The van der Waals surface area contributed by atoms with Gasteiger partial charge >= 0.3 is 5.97 Å². The van der Waals surface area contributed by atoms with Crippen LogP contribution in [0.1, 0.15) is 44.0 Å². The molecule has 0 aromatic carbocycles. The van der Waals surface area contributed by atoms with Crippen LogP contribution < -0.4 is 11.0 Å². The van der Waals surface area contributed by atoms with Crippen molar-refractivity contribution in [3.63, 3.8) is 0 Å². The quantitative estimate of drug-likeness (QED) is 0.472. The third-order valence-electron chi connectivity index (χ3n) is 6.00. The summed E-state index contributed by atoms with van der Waals surface area (Å²) in [6, 6.07) is 6.81. The molecule has 1 N–H and O–H groups in total. The Kier molecular flexibility index (Phi) is 6.31. The number of esters is 1. The van der Waals surface area contributed by atoms with Crippen molar-refractivity contribution in [2.24, 2.45) is 11.8 Å². The number of fused-ring (bicyclic) bond motifs is 2. The van der Waals surface area contributed by atoms with Gasteiger partial charge in [0.15, 0.2) is 0 Å². The molecule has 0 atom stereocenters. The molecule has 3 aromatic heterocycles. The van der Waals surface area contributed by atoms with E-state index in [2.05, 4.69) is 4.98 Å². The Bertz CT molecular complexity index is 1330. The number of pyridine rings is 2. The van der Waals surface area contributed by atoms with Crippen LogP contribution in [0.15, 0.2) is 35.3 Å². The molecule has 0 bridgehead atoms. The zero-order chi connectivity index (χ0) is 23.7. The Morgan fingerprint density at radius 2 is 1.97 bits per heavy atom. The van der Waals surface area contributed by atoms with Gasteiger partial charge in [0.1, 0.15) is 16.8 Å². The summed E-state index contributed by atoms with van der Waals surface area (Å²) >= 11 is 0. The van der Waals surface area contributed by atoms with Crippen LogP contribution in [0.2, 0.25) is 0 Å². The van der Waals surface area contributed by atoms with E-state index in [1.165, 1.54) is 10.5 Å². The lowest BCUT2D eigenvalue weighted by atomic mass is 9.96. The number of piperidine rings is 1. The van der Waals surface area contributed by atoms with Crippen molar-refractivity contribution in [2.75, 3.05) is 19.7 Å². The van der Waals surface area contributed by atoms with Crippen LogP contribution >= 0.6 is 0 Å². The maximum absolute atomic E-state index is 13.4. The Morgan fingerprint density at radius 1 is 1.24 bits per heavy atom. The SMILES string of the molecule is CCOC(=O)C1CCN(C(=O)c2cc3c(=O)n4ccccc4nc3n(CC(C)C)c2=N)CC1. The van der Waals surface area contributed by atoms with Gasteiger partial charge in [-0.2, -0.15) is 0 Å². The summed E-state index contributed by atoms with van der Waals surface area (Å²) in [5.74, 6) is -0.562. The lowest BCUT2D eigenvalue weighted by Crippen LogP contribution is -2.43. The third-order valence-corrected chi connectivity index (χ3v) is 6.00. The van der Waals surface area contributed by atoms with Crippen molar-refractivity contribution in [1.82, 2.24) is 18.9 Å². The monoisotopic (exact) mass is 451 g/mol. The van der Waals surface area contributed by atoms with Crippen LogP contribution in [0.4, 0.5) is 0 Å². The minimum Gasteiger partial charge on any atom is -0.466 e. The van der Waals surface area contributed by atoms with Gasteiger partial charge in [-0.3, -0.25) is 24.2 Å². The van der Waals surface area contributed by atoms with Gasteiger partial charge < -0.3 is 14.2 Å². The fourth-order valence-electron chi connectivity index (χ4n) is 4.34. The standard InChI is InChI=1S/C24H29N5O4/c1-4-33-24(32)16-8-11-27(12-9-16)22(30)17-13-18-21(29(20(17)25)14-15(2)3)26-19-7-5-6-10-28(19)23(18)31/h5-7,10,13,15-16,25H,4,8-9,11-12,14H2,1-3H3. The zero-order valence-electron chi connectivity index (χ0n) is 19.2. The smallest absolute Gasteiger partial charge is 0.309 e. The molecule has 4 rings (SSSR count). The molecule has 9 nitrogen and oxygen atoms in total. The molecule has 174 valence electrons. The number of aromatic nitrogens is 3. The van der Waals surface area contributed by atoms with E-state index >= 15 is 0 Å². The summed E-state index contributed by atoms with van der Waals surface area (Å²) in [6.07, 6.45) is 2.69. The molecule has 33 heavy (non-hydrogen) atoms. The first kappa shape index (κ1) is 22.7. The molecule has 9 heteroatoms. The van der Waals surface area contributed by atoms with Crippen molar-refractivity contribution in [2.45, 2.75) is 40.2 Å². The molecular weight excluding hydrogens is 422 g/mol. The van der Waals surface area contributed by atoms with E-state index in [-0.39, 0.29) is 40.3 Å². The highest BCUT2D eigenvalue weighted by Gasteiger charge is 2.30. The Balaban J connectivity index is 1.77. The average Bonchev–Trinajstić information content (AvgIpc) is 2.81. The van der Waals surface area contributed by atoms with Crippen LogP contribution in [0.3, 0.4) is 0 Å². The van der Waals surface area contributed by atoms with Gasteiger partial charge in [0, 0.05) is 25.8 Å². The number of likely N-dealkylation sites (tertiary alicyclic amines) is 1. The first-order valence-corrected chi connectivity index (χ1v) is 11.4. The summed E-state index contributed by atoms with van der Waals surface area (Å²) in [4.78, 5) is 45.0.